The molecule has 0 saturated heterocycles. The molecule has 18 heavy (non-hydrogen) atoms. The van der Waals surface area contributed by atoms with Crippen LogP contribution in [0, 0.1) is 0 Å². The summed E-state index contributed by atoms with van der Waals surface area (Å²) in [5, 5.41) is 7.29. The highest BCUT2D eigenvalue weighted by Crippen LogP contribution is 2.31. The van der Waals surface area contributed by atoms with Gasteiger partial charge in [0.2, 0.25) is 0 Å². The van der Waals surface area contributed by atoms with Crippen LogP contribution >= 0.6 is 21.6 Å². The Morgan fingerprint density at radius 3 is 1.33 bits per heavy atom. The maximum Gasteiger partial charge on any atom is 0.101 e. The van der Waals surface area contributed by atoms with Crippen LogP contribution in [0.1, 0.15) is 27.7 Å². The topological polar surface area (TPSA) is 24.1 Å². The first-order valence-corrected chi connectivity index (χ1v) is 8.74. The van der Waals surface area contributed by atoms with Crippen molar-refractivity contribution in [1.82, 2.24) is 10.6 Å². The molecule has 4 heteroatoms. The van der Waals surface area contributed by atoms with Crippen LogP contribution in [0.25, 0.3) is 0 Å². The first-order valence-electron chi connectivity index (χ1n) is 6.46. The Morgan fingerprint density at radius 1 is 0.667 bits per heavy atom. The van der Waals surface area contributed by atoms with E-state index < -0.39 is 0 Å². The van der Waals surface area contributed by atoms with E-state index in [-0.39, 0.29) is 0 Å². The van der Waals surface area contributed by atoms with Crippen LogP contribution in [-0.4, -0.2) is 10.7 Å². The molecule has 2 N–H and O–H groups in total. The molecular formula is C14H24N2S2. The minimum Gasteiger partial charge on any atom is -0.375 e. The molecule has 2 nitrogen and oxygen atoms in total. The molecule has 2 aliphatic rings. The predicted octanol–water partition coefficient (Wildman–Crippen LogP) is 4.42. The van der Waals surface area contributed by atoms with Crippen molar-refractivity contribution in [2.75, 3.05) is 0 Å². The fourth-order valence-electron chi connectivity index (χ4n) is 1.09. The van der Waals surface area contributed by atoms with Gasteiger partial charge in [-0.3, -0.25) is 0 Å². The molecule has 0 amide bonds. The molecule has 2 aliphatic heterocycles. The van der Waals surface area contributed by atoms with Gasteiger partial charge < -0.3 is 10.6 Å². The Morgan fingerprint density at radius 2 is 1.06 bits per heavy atom. The van der Waals surface area contributed by atoms with Crippen LogP contribution < -0.4 is 10.6 Å². The Kier molecular flexibility index (Phi) is 12.2. The Labute approximate surface area is 119 Å². The van der Waals surface area contributed by atoms with Gasteiger partial charge in [0, 0.05) is 0 Å². The number of hydrogen-bond acceptors (Lipinski definition) is 4. The third-order valence-corrected chi connectivity index (χ3v) is 4.46. The van der Waals surface area contributed by atoms with Crippen LogP contribution in [-0.2, 0) is 0 Å². The highest BCUT2D eigenvalue weighted by Gasteiger charge is 2.10. The smallest absolute Gasteiger partial charge is 0.101 e. The van der Waals surface area contributed by atoms with Gasteiger partial charge in [-0.05, 0) is 24.6 Å². The van der Waals surface area contributed by atoms with Crippen molar-refractivity contribution in [3.63, 3.8) is 0 Å². The molecule has 0 bridgehead atoms. The van der Waals surface area contributed by atoms with Gasteiger partial charge in [0.1, 0.15) is 10.7 Å². The SMILES string of the molecule is C1=CNC(SSC2C=CC=CN2)C=C1.CC.CC. The molecule has 0 aromatic rings. The lowest BCUT2D eigenvalue weighted by Crippen LogP contribution is -2.22. The lowest BCUT2D eigenvalue weighted by molar-refractivity contribution is 0.911. The second-order valence-corrected chi connectivity index (χ2v) is 5.41. The summed E-state index contributed by atoms with van der Waals surface area (Å²) in [6, 6.07) is 0. The molecular weight excluding hydrogens is 260 g/mol. The number of dihydropyridines is 2. The molecule has 2 unspecified atom stereocenters. The molecule has 0 aromatic heterocycles. The van der Waals surface area contributed by atoms with E-state index in [4.69, 9.17) is 0 Å². The standard InChI is InChI=1S/C10H12N2S2.2C2H6/c1-3-7-11-9(5-1)13-14-10-6-2-4-8-12-10;2*1-2/h1-12H;2*1-2H3. The van der Waals surface area contributed by atoms with E-state index in [9.17, 15) is 0 Å². The maximum absolute atomic E-state index is 3.26. The number of rotatable bonds is 3. The van der Waals surface area contributed by atoms with Crippen molar-refractivity contribution >= 4 is 21.6 Å². The van der Waals surface area contributed by atoms with E-state index in [1.165, 1.54) is 0 Å². The van der Waals surface area contributed by atoms with Gasteiger partial charge in [-0.25, -0.2) is 0 Å². The van der Waals surface area contributed by atoms with E-state index in [1.807, 2.05) is 73.8 Å². The highest BCUT2D eigenvalue weighted by molar-refractivity contribution is 8.77. The van der Waals surface area contributed by atoms with Crippen molar-refractivity contribution < 1.29 is 0 Å². The molecule has 2 heterocycles. The van der Waals surface area contributed by atoms with E-state index in [0.717, 1.165) is 0 Å². The first-order chi connectivity index (χ1) is 8.95. The zero-order valence-corrected chi connectivity index (χ0v) is 13.2. The Balaban J connectivity index is 0.000000659. The molecule has 0 spiro atoms. The van der Waals surface area contributed by atoms with Crippen LogP contribution in [0.5, 0.6) is 0 Å². The monoisotopic (exact) mass is 284 g/mol. The quantitative estimate of drug-likeness (QED) is 0.749. The molecule has 2 rings (SSSR count). The van der Waals surface area contributed by atoms with Crippen molar-refractivity contribution in [3.05, 3.63) is 48.9 Å². The number of allylic oxidation sites excluding steroid dienone is 4. The molecule has 0 saturated carbocycles. The zero-order valence-electron chi connectivity index (χ0n) is 11.6. The van der Waals surface area contributed by atoms with Crippen LogP contribution in [0.2, 0.25) is 0 Å². The predicted molar refractivity (Wildman–Crippen MR) is 88.3 cm³/mol. The average Bonchev–Trinajstić information content (AvgIpc) is 2.51. The van der Waals surface area contributed by atoms with Crippen LogP contribution in [0.4, 0.5) is 0 Å². The summed E-state index contributed by atoms with van der Waals surface area (Å²) in [5.41, 5.74) is 0. The van der Waals surface area contributed by atoms with Gasteiger partial charge in [0.15, 0.2) is 0 Å². The van der Waals surface area contributed by atoms with E-state index >= 15 is 0 Å². The fourth-order valence-corrected chi connectivity index (χ4v) is 3.35. The molecule has 102 valence electrons. The van der Waals surface area contributed by atoms with Crippen molar-refractivity contribution in [2.45, 2.75) is 38.4 Å². The van der Waals surface area contributed by atoms with Gasteiger partial charge in [-0.15, -0.1) is 0 Å². The van der Waals surface area contributed by atoms with Gasteiger partial charge in [-0.2, -0.15) is 0 Å². The largest absolute Gasteiger partial charge is 0.375 e. The molecule has 2 atom stereocenters. The second-order valence-electron chi connectivity index (χ2n) is 2.86. The normalized spacial score (nSPS) is 22.9. The summed E-state index contributed by atoms with van der Waals surface area (Å²) in [5.74, 6) is 0. The second kappa shape index (κ2) is 12.7. The lowest BCUT2D eigenvalue weighted by atomic mass is 10.4. The zero-order chi connectivity index (χ0) is 13.6. The molecule has 0 aromatic carbocycles. The van der Waals surface area contributed by atoms with E-state index in [0.29, 0.717) is 10.7 Å². The molecule has 0 fully saturated rings. The molecule has 0 radical (unpaired) electrons. The van der Waals surface area contributed by atoms with Crippen molar-refractivity contribution in [2.24, 2.45) is 0 Å². The molecule has 0 aliphatic carbocycles. The van der Waals surface area contributed by atoms with Crippen LogP contribution in [0.15, 0.2) is 48.9 Å². The van der Waals surface area contributed by atoms with Gasteiger partial charge >= 0.3 is 0 Å². The summed E-state index contributed by atoms with van der Waals surface area (Å²) >= 11 is 0. The third-order valence-electron chi connectivity index (χ3n) is 1.77. The third kappa shape index (κ3) is 7.56. The summed E-state index contributed by atoms with van der Waals surface area (Å²) in [4.78, 5) is 0. The lowest BCUT2D eigenvalue weighted by Gasteiger charge is -2.18. The van der Waals surface area contributed by atoms with Gasteiger partial charge in [0.25, 0.3) is 0 Å². The van der Waals surface area contributed by atoms with E-state index in [2.05, 4.69) is 34.9 Å². The number of hydrogen-bond donors (Lipinski definition) is 2. The summed E-state index contributed by atoms with van der Waals surface area (Å²) < 4.78 is 0. The van der Waals surface area contributed by atoms with Gasteiger partial charge in [-0.1, -0.05) is 73.6 Å². The van der Waals surface area contributed by atoms with Crippen molar-refractivity contribution in [3.8, 4) is 0 Å². The Bertz CT molecular complexity index is 266. The average molecular weight is 284 g/mol. The van der Waals surface area contributed by atoms with E-state index in [1.54, 1.807) is 0 Å². The van der Waals surface area contributed by atoms with Gasteiger partial charge in [0.05, 0.1) is 0 Å². The fraction of sp³-hybridized carbons (Fsp3) is 0.429. The maximum atomic E-state index is 3.26. The summed E-state index contributed by atoms with van der Waals surface area (Å²) in [7, 11) is 3.65. The van der Waals surface area contributed by atoms with Crippen LogP contribution in [0.3, 0.4) is 0 Å². The Hall–Kier alpha value is -0.740. The first kappa shape index (κ1) is 17.3. The minimum absolute atomic E-state index is 0.381. The summed E-state index contributed by atoms with van der Waals surface area (Å²) in [6.45, 7) is 8.00. The van der Waals surface area contributed by atoms with Crippen molar-refractivity contribution in [1.29, 1.82) is 0 Å². The minimum atomic E-state index is 0.381. The summed E-state index contributed by atoms with van der Waals surface area (Å²) in [6.07, 6.45) is 16.4. The highest BCUT2D eigenvalue weighted by atomic mass is 33.1. The number of nitrogens with one attached hydrogen (secondary N) is 2.